The Morgan fingerprint density at radius 3 is 2.25 bits per heavy atom. The SMILES string of the molecule is CN1CCC(OC(=O)N(C)C(C)(C)C)CC1. The van der Waals surface area contributed by atoms with Crippen molar-refractivity contribution in [1.29, 1.82) is 0 Å². The van der Waals surface area contributed by atoms with Crippen molar-refractivity contribution in [3.8, 4) is 0 Å². The van der Waals surface area contributed by atoms with Gasteiger partial charge in [-0.25, -0.2) is 4.79 Å². The maximum Gasteiger partial charge on any atom is 0.410 e. The molecular formula is C12H24N2O2. The maximum absolute atomic E-state index is 11.8. The van der Waals surface area contributed by atoms with Gasteiger partial charge >= 0.3 is 6.09 Å². The first-order valence-electron chi connectivity index (χ1n) is 5.93. The number of hydrogen-bond acceptors (Lipinski definition) is 3. The molecule has 4 heteroatoms. The monoisotopic (exact) mass is 228 g/mol. The number of rotatable bonds is 1. The zero-order valence-electron chi connectivity index (χ0n) is 11.1. The molecule has 0 unspecified atom stereocenters. The molecule has 1 fully saturated rings. The van der Waals surface area contributed by atoms with Crippen molar-refractivity contribution in [3.63, 3.8) is 0 Å². The molecule has 0 bridgehead atoms. The lowest BCUT2D eigenvalue weighted by molar-refractivity contribution is 0.0224. The number of ether oxygens (including phenoxy) is 1. The highest BCUT2D eigenvalue weighted by molar-refractivity contribution is 5.68. The number of amides is 1. The molecule has 0 aliphatic carbocycles. The van der Waals surface area contributed by atoms with Gasteiger partial charge in [0.05, 0.1) is 0 Å². The predicted octanol–water partition coefficient (Wildman–Crippen LogP) is 1.95. The fourth-order valence-corrected chi connectivity index (χ4v) is 1.60. The van der Waals surface area contributed by atoms with Crippen LogP contribution in [0.25, 0.3) is 0 Å². The van der Waals surface area contributed by atoms with Crippen LogP contribution in [0.15, 0.2) is 0 Å². The average Bonchev–Trinajstić information content (AvgIpc) is 2.19. The van der Waals surface area contributed by atoms with Crippen molar-refractivity contribution in [1.82, 2.24) is 9.80 Å². The van der Waals surface area contributed by atoms with Gasteiger partial charge in [-0.3, -0.25) is 0 Å². The quantitative estimate of drug-likeness (QED) is 0.687. The van der Waals surface area contributed by atoms with Crippen molar-refractivity contribution < 1.29 is 9.53 Å². The Morgan fingerprint density at radius 2 is 1.81 bits per heavy atom. The largest absolute Gasteiger partial charge is 0.446 e. The summed E-state index contributed by atoms with van der Waals surface area (Å²) in [6.07, 6.45) is 1.77. The summed E-state index contributed by atoms with van der Waals surface area (Å²) in [5.41, 5.74) is -0.178. The Morgan fingerprint density at radius 1 is 1.31 bits per heavy atom. The average molecular weight is 228 g/mol. The Labute approximate surface area is 98.5 Å². The highest BCUT2D eigenvalue weighted by Crippen LogP contribution is 2.17. The third-order valence-electron chi connectivity index (χ3n) is 3.21. The van der Waals surface area contributed by atoms with E-state index < -0.39 is 0 Å². The fourth-order valence-electron chi connectivity index (χ4n) is 1.60. The molecule has 0 radical (unpaired) electrons. The summed E-state index contributed by atoms with van der Waals surface area (Å²) in [7, 11) is 3.89. The Bertz CT molecular complexity index is 240. The van der Waals surface area contributed by atoms with E-state index in [1.54, 1.807) is 11.9 Å². The van der Waals surface area contributed by atoms with Gasteiger partial charge in [0, 0.05) is 25.7 Å². The topological polar surface area (TPSA) is 32.8 Å². The summed E-state index contributed by atoms with van der Waals surface area (Å²) >= 11 is 0. The second kappa shape index (κ2) is 5.04. The minimum Gasteiger partial charge on any atom is -0.446 e. The van der Waals surface area contributed by atoms with Crippen LogP contribution in [0.3, 0.4) is 0 Å². The number of carbonyl (C=O) groups excluding carboxylic acids is 1. The Kier molecular flexibility index (Phi) is 4.19. The first-order valence-corrected chi connectivity index (χ1v) is 5.93. The minimum absolute atomic E-state index is 0.0912. The van der Waals surface area contributed by atoms with E-state index in [-0.39, 0.29) is 17.7 Å². The van der Waals surface area contributed by atoms with E-state index in [2.05, 4.69) is 11.9 Å². The predicted molar refractivity (Wildman–Crippen MR) is 64.5 cm³/mol. The molecule has 0 aromatic rings. The van der Waals surface area contributed by atoms with Gasteiger partial charge in [0.25, 0.3) is 0 Å². The number of carbonyl (C=O) groups is 1. The fraction of sp³-hybridized carbons (Fsp3) is 0.917. The highest BCUT2D eigenvalue weighted by atomic mass is 16.6. The van der Waals surface area contributed by atoms with E-state index in [1.165, 1.54) is 0 Å². The van der Waals surface area contributed by atoms with Gasteiger partial charge < -0.3 is 14.5 Å². The van der Waals surface area contributed by atoms with Gasteiger partial charge in [-0.1, -0.05) is 0 Å². The van der Waals surface area contributed by atoms with Crippen molar-refractivity contribution >= 4 is 6.09 Å². The van der Waals surface area contributed by atoms with Crippen LogP contribution in [0.1, 0.15) is 33.6 Å². The second-order valence-electron chi connectivity index (χ2n) is 5.62. The van der Waals surface area contributed by atoms with Crippen LogP contribution < -0.4 is 0 Å². The molecule has 94 valence electrons. The van der Waals surface area contributed by atoms with Crippen LogP contribution in [0.5, 0.6) is 0 Å². The smallest absolute Gasteiger partial charge is 0.410 e. The van der Waals surface area contributed by atoms with Gasteiger partial charge in [-0.2, -0.15) is 0 Å². The van der Waals surface area contributed by atoms with Crippen LogP contribution in [-0.4, -0.2) is 54.7 Å². The van der Waals surface area contributed by atoms with E-state index >= 15 is 0 Å². The summed E-state index contributed by atoms with van der Waals surface area (Å²) in [5, 5.41) is 0. The lowest BCUT2D eigenvalue weighted by Gasteiger charge is -2.34. The van der Waals surface area contributed by atoms with Gasteiger partial charge in [0.15, 0.2) is 0 Å². The molecule has 0 aromatic heterocycles. The third kappa shape index (κ3) is 3.67. The van der Waals surface area contributed by atoms with Gasteiger partial charge in [0.2, 0.25) is 0 Å². The third-order valence-corrected chi connectivity index (χ3v) is 3.21. The molecule has 1 aliphatic heterocycles. The maximum atomic E-state index is 11.8. The molecular weight excluding hydrogens is 204 g/mol. The molecule has 1 saturated heterocycles. The molecule has 0 spiro atoms. The van der Waals surface area contributed by atoms with Gasteiger partial charge in [-0.15, -0.1) is 0 Å². The first-order chi connectivity index (χ1) is 7.30. The molecule has 1 rings (SSSR count). The summed E-state index contributed by atoms with van der Waals surface area (Å²) in [6.45, 7) is 8.03. The lowest BCUT2D eigenvalue weighted by atomic mass is 10.1. The molecule has 16 heavy (non-hydrogen) atoms. The molecule has 0 saturated carbocycles. The highest BCUT2D eigenvalue weighted by Gasteiger charge is 2.27. The van der Waals surface area contributed by atoms with Gasteiger partial charge in [0.1, 0.15) is 6.10 Å². The lowest BCUT2D eigenvalue weighted by Crippen LogP contribution is -2.45. The number of hydrogen-bond donors (Lipinski definition) is 0. The molecule has 4 nitrogen and oxygen atoms in total. The van der Waals surface area contributed by atoms with Crippen molar-refractivity contribution in [3.05, 3.63) is 0 Å². The number of nitrogens with zero attached hydrogens (tertiary/aromatic N) is 2. The van der Waals surface area contributed by atoms with Crippen LogP contribution >= 0.6 is 0 Å². The second-order valence-corrected chi connectivity index (χ2v) is 5.62. The van der Waals surface area contributed by atoms with E-state index in [1.807, 2.05) is 20.8 Å². The van der Waals surface area contributed by atoms with Crippen LogP contribution in [0, 0.1) is 0 Å². The van der Waals surface area contributed by atoms with Gasteiger partial charge in [-0.05, 0) is 40.7 Å². The van der Waals surface area contributed by atoms with Crippen molar-refractivity contribution in [2.75, 3.05) is 27.2 Å². The molecule has 0 aromatic carbocycles. The standard InChI is InChI=1S/C12H24N2O2/c1-12(2,3)14(5)11(15)16-10-6-8-13(4)9-7-10/h10H,6-9H2,1-5H3. The Balaban J connectivity index is 2.40. The van der Waals surface area contributed by atoms with E-state index in [4.69, 9.17) is 4.74 Å². The normalized spacial score (nSPS) is 19.6. The molecule has 0 N–H and O–H groups in total. The minimum atomic E-state index is -0.206. The van der Waals surface area contributed by atoms with Crippen LogP contribution in [-0.2, 0) is 4.74 Å². The first kappa shape index (κ1) is 13.3. The summed E-state index contributed by atoms with van der Waals surface area (Å²) in [6, 6.07) is 0. The van der Waals surface area contributed by atoms with Crippen molar-refractivity contribution in [2.45, 2.75) is 45.3 Å². The zero-order chi connectivity index (χ0) is 12.3. The van der Waals surface area contributed by atoms with Crippen LogP contribution in [0.2, 0.25) is 0 Å². The molecule has 1 heterocycles. The molecule has 0 atom stereocenters. The zero-order valence-corrected chi connectivity index (χ0v) is 11.1. The molecule has 1 aliphatic rings. The number of likely N-dealkylation sites (tertiary alicyclic amines) is 1. The number of piperidine rings is 1. The summed E-state index contributed by atoms with van der Waals surface area (Å²) in [5.74, 6) is 0. The Hall–Kier alpha value is -0.770. The summed E-state index contributed by atoms with van der Waals surface area (Å²) in [4.78, 5) is 15.7. The van der Waals surface area contributed by atoms with E-state index in [9.17, 15) is 4.79 Å². The van der Waals surface area contributed by atoms with Crippen molar-refractivity contribution in [2.24, 2.45) is 0 Å². The molecule has 1 amide bonds. The van der Waals surface area contributed by atoms with E-state index in [0.29, 0.717) is 0 Å². The van der Waals surface area contributed by atoms with Crippen LogP contribution in [0.4, 0.5) is 4.79 Å². The van der Waals surface area contributed by atoms with E-state index in [0.717, 1.165) is 25.9 Å². The summed E-state index contributed by atoms with van der Waals surface area (Å²) < 4.78 is 5.49.